The second-order valence-corrected chi connectivity index (χ2v) is 6.06. The number of hydrogen-bond acceptors (Lipinski definition) is 3. The molecule has 4 nitrogen and oxygen atoms in total. The first kappa shape index (κ1) is 17.7. The monoisotopic (exact) mass is 345 g/mol. The number of carbonyl (C=O) groups is 1. The summed E-state index contributed by atoms with van der Waals surface area (Å²) in [5, 5.41) is 6.27. The number of rotatable bonds is 7. The van der Waals surface area contributed by atoms with Crippen LogP contribution in [0.25, 0.3) is 0 Å². The Morgan fingerprint density at radius 2 is 1.73 bits per heavy atom. The van der Waals surface area contributed by atoms with Gasteiger partial charge in [0.2, 0.25) is 0 Å². The summed E-state index contributed by atoms with van der Waals surface area (Å²) in [5.74, 6) is -0.193. The molecule has 0 unspecified atom stereocenters. The van der Waals surface area contributed by atoms with E-state index >= 15 is 0 Å². The Hall–Kier alpha value is -3.14. The first-order valence-electron chi connectivity index (χ1n) is 8.89. The summed E-state index contributed by atoms with van der Waals surface area (Å²) in [4.78, 5) is 16.7. The topological polar surface area (TPSA) is 54.0 Å². The number of aromatic nitrogens is 1. The van der Waals surface area contributed by atoms with Crippen molar-refractivity contribution in [1.82, 2.24) is 4.98 Å². The van der Waals surface area contributed by atoms with Crippen molar-refractivity contribution in [3.63, 3.8) is 0 Å². The molecule has 0 atom stereocenters. The number of amides is 1. The number of aryl methyl sites for hydroxylation is 1. The van der Waals surface area contributed by atoms with Crippen LogP contribution < -0.4 is 10.6 Å². The lowest BCUT2D eigenvalue weighted by Gasteiger charge is -2.10. The lowest BCUT2D eigenvalue weighted by atomic mass is 10.1. The summed E-state index contributed by atoms with van der Waals surface area (Å²) in [6.45, 7) is 2.89. The average Bonchev–Trinajstić information content (AvgIpc) is 2.70. The van der Waals surface area contributed by atoms with Crippen LogP contribution in [-0.2, 0) is 12.8 Å². The van der Waals surface area contributed by atoms with Crippen molar-refractivity contribution < 1.29 is 4.79 Å². The maximum Gasteiger partial charge on any atom is 0.274 e. The van der Waals surface area contributed by atoms with Crippen LogP contribution in [0.15, 0.2) is 72.9 Å². The van der Waals surface area contributed by atoms with Crippen LogP contribution in [-0.4, -0.2) is 17.4 Å². The molecule has 0 bridgehead atoms. The standard InChI is InChI=1S/C22H23N3O/c1-2-18-10-6-7-11-20(18)25-22(26)21-13-12-19(16-24-21)23-15-14-17-8-4-3-5-9-17/h3-13,16,23H,2,14-15H2,1H3,(H,25,26). The van der Waals surface area contributed by atoms with Gasteiger partial charge in [0.15, 0.2) is 0 Å². The van der Waals surface area contributed by atoms with Crippen molar-refractivity contribution in [1.29, 1.82) is 0 Å². The van der Waals surface area contributed by atoms with Crippen LogP contribution in [0.4, 0.5) is 11.4 Å². The Morgan fingerprint density at radius 1 is 0.962 bits per heavy atom. The van der Waals surface area contributed by atoms with Gasteiger partial charge in [0.05, 0.1) is 11.9 Å². The molecule has 3 aromatic rings. The molecule has 1 aromatic heterocycles. The Balaban J connectivity index is 1.56. The minimum Gasteiger partial charge on any atom is -0.383 e. The zero-order valence-electron chi connectivity index (χ0n) is 14.9. The molecule has 4 heteroatoms. The molecule has 1 amide bonds. The number of nitrogens with zero attached hydrogens (tertiary/aromatic N) is 1. The molecule has 0 aliphatic heterocycles. The molecular formula is C22H23N3O. The van der Waals surface area contributed by atoms with Crippen molar-refractivity contribution in [2.45, 2.75) is 19.8 Å². The minimum absolute atomic E-state index is 0.193. The van der Waals surface area contributed by atoms with Crippen molar-refractivity contribution in [3.05, 3.63) is 89.7 Å². The number of anilines is 2. The Labute approximate surface area is 154 Å². The van der Waals surface area contributed by atoms with E-state index in [1.165, 1.54) is 5.56 Å². The van der Waals surface area contributed by atoms with Gasteiger partial charge < -0.3 is 10.6 Å². The van der Waals surface area contributed by atoms with Crippen LogP contribution >= 0.6 is 0 Å². The van der Waals surface area contributed by atoms with Crippen LogP contribution in [0.2, 0.25) is 0 Å². The van der Waals surface area contributed by atoms with E-state index in [1.807, 2.05) is 48.5 Å². The van der Waals surface area contributed by atoms with Gasteiger partial charge in [-0.15, -0.1) is 0 Å². The first-order valence-corrected chi connectivity index (χ1v) is 8.89. The highest BCUT2D eigenvalue weighted by Gasteiger charge is 2.09. The molecule has 0 aliphatic carbocycles. The molecule has 0 saturated carbocycles. The Kier molecular flexibility index (Phi) is 5.99. The van der Waals surface area contributed by atoms with Gasteiger partial charge in [0.1, 0.15) is 5.69 Å². The number of carbonyl (C=O) groups excluding carboxylic acids is 1. The Morgan fingerprint density at radius 3 is 2.46 bits per heavy atom. The van der Waals surface area contributed by atoms with Crippen LogP contribution in [0, 0.1) is 0 Å². The fourth-order valence-electron chi connectivity index (χ4n) is 2.77. The average molecular weight is 345 g/mol. The van der Waals surface area contributed by atoms with Crippen molar-refractivity contribution in [2.75, 3.05) is 17.2 Å². The molecule has 1 heterocycles. The molecule has 132 valence electrons. The summed E-state index contributed by atoms with van der Waals surface area (Å²) < 4.78 is 0. The lowest BCUT2D eigenvalue weighted by Crippen LogP contribution is -2.15. The smallest absolute Gasteiger partial charge is 0.274 e. The SMILES string of the molecule is CCc1ccccc1NC(=O)c1ccc(NCCc2ccccc2)cn1. The van der Waals surface area contributed by atoms with Crippen LogP contribution in [0.1, 0.15) is 28.5 Å². The van der Waals surface area contributed by atoms with Gasteiger partial charge in [0, 0.05) is 12.2 Å². The molecule has 0 spiro atoms. The summed E-state index contributed by atoms with van der Waals surface area (Å²) >= 11 is 0. The number of pyridine rings is 1. The van der Waals surface area contributed by atoms with Crippen molar-refractivity contribution in [3.8, 4) is 0 Å². The van der Waals surface area contributed by atoms with Gasteiger partial charge in [-0.05, 0) is 42.2 Å². The van der Waals surface area contributed by atoms with Gasteiger partial charge in [-0.3, -0.25) is 4.79 Å². The highest BCUT2D eigenvalue weighted by atomic mass is 16.1. The largest absolute Gasteiger partial charge is 0.383 e. The summed E-state index contributed by atoms with van der Waals surface area (Å²) in [6, 6.07) is 21.8. The number of para-hydroxylation sites is 1. The molecule has 0 radical (unpaired) electrons. The molecule has 0 aliphatic rings. The normalized spacial score (nSPS) is 10.3. The van der Waals surface area contributed by atoms with E-state index in [4.69, 9.17) is 0 Å². The molecule has 2 aromatic carbocycles. The fraction of sp³-hybridized carbons (Fsp3) is 0.182. The fourth-order valence-corrected chi connectivity index (χ4v) is 2.77. The summed E-state index contributed by atoms with van der Waals surface area (Å²) in [5.41, 5.74) is 4.56. The minimum atomic E-state index is -0.193. The zero-order chi connectivity index (χ0) is 18.2. The molecular weight excluding hydrogens is 322 g/mol. The maximum absolute atomic E-state index is 12.4. The molecule has 2 N–H and O–H groups in total. The third-order valence-corrected chi connectivity index (χ3v) is 4.23. The molecule has 0 saturated heterocycles. The Bertz CT molecular complexity index is 845. The van der Waals surface area contributed by atoms with E-state index in [2.05, 4.69) is 34.7 Å². The van der Waals surface area contributed by atoms with Gasteiger partial charge in [-0.1, -0.05) is 55.5 Å². The van der Waals surface area contributed by atoms with E-state index in [0.29, 0.717) is 5.69 Å². The second kappa shape index (κ2) is 8.81. The van der Waals surface area contributed by atoms with Gasteiger partial charge in [0.25, 0.3) is 5.91 Å². The quantitative estimate of drug-likeness (QED) is 0.660. The van der Waals surface area contributed by atoms with Crippen LogP contribution in [0.3, 0.4) is 0 Å². The third-order valence-electron chi connectivity index (χ3n) is 4.23. The summed E-state index contributed by atoms with van der Waals surface area (Å²) in [6.07, 6.45) is 3.51. The molecule has 26 heavy (non-hydrogen) atoms. The van der Waals surface area contributed by atoms with Crippen molar-refractivity contribution in [2.24, 2.45) is 0 Å². The molecule has 3 rings (SSSR count). The predicted molar refractivity (Wildman–Crippen MR) is 107 cm³/mol. The van der Waals surface area contributed by atoms with E-state index in [-0.39, 0.29) is 5.91 Å². The van der Waals surface area contributed by atoms with Crippen LogP contribution in [0.5, 0.6) is 0 Å². The van der Waals surface area contributed by atoms with Gasteiger partial charge >= 0.3 is 0 Å². The third kappa shape index (κ3) is 4.70. The van der Waals surface area contributed by atoms with E-state index in [0.717, 1.165) is 36.3 Å². The first-order chi connectivity index (χ1) is 12.8. The van der Waals surface area contributed by atoms with E-state index in [1.54, 1.807) is 12.3 Å². The number of benzene rings is 2. The number of nitrogens with one attached hydrogen (secondary N) is 2. The van der Waals surface area contributed by atoms with E-state index in [9.17, 15) is 4.79 Å². The van der Waals surface area contributed by atoms with Gasteiger partial charge in [-0.25, -0.2) is 4.98 Å². The van der Waals surface area contributed by atoms with Crippen molar-refractivity contribution >= 4 is 17.3 Å². The van der Waals surface area contributed by atoms with E-state index < -0.39 is 0 Å². The highest BCUT2D eigenvalue weighted by molar-refractivity contribution is 6.03. The molecule has 0 fully saturated rings. The highest BCUT2D eigenvalue weighted by Crippen LogP contribution is 2.16. The lowest BCUT2D eigenvalue weighted by molar-refractivity contribution is 0.102. The number of hydrogen-bond donors (Lipinski definition) is 2. The van der Waals surface area contributed by atoms with Gasteiger partial charge in [-0.2, -0.15) is 0 Å². The zero-order valence-corrected chi connectivity index (χ0v) is 14.9. The maximum atomic E-state index is 12.4. The second-order valence-electron chi connectivity index (χ2n) is 6.06. The predicted octanol–water partition coefficient (Wildman–Crippen LogP) is 4.55. The summed E-state index contributed by atoms with van der Waals surface area (Å²) in [7, 11) is 0.